The summed E-state index contributed by atoms with van der Waals surface area (Å²) in [6, 6.07) is 6.93. The average Bonchev–Trinajstić information content (AvgIpc) is 2.29. The summed E-state index contributed by atoms with van der Waals surface area (Å²) in [6.07, 6.45) is 2.13. The fraction of sp³-hybridized carbons (Fsp3) is 0.462. The minimum Gasteiger partial charge on any atom is -0.478 e. The van der Waals surface area contributed by atoms with Crippen LogP contribution in [0, 0.1) is 0 Å². The molecule has 0 saturated heterocycles. The van der Waals surface area contributed by atoms with Crippen LogP contribution in [0.25, 0.3) is 0 Å². The Balaban J connectivity index is 2.40. The van der Waals surface area contributed by atoms with E-state index < -0.39 is 5.97 Å². The number of hydrogen-bond donors (Lipinski definition) is 1. The Bertz CT molecular complexity index is 330. The predicted octanol–water partition coefficient (Wildman–Crippen LogP) is 2.74. The Morgan fingerprint density at radius 2 is 2.00 bits per heavy atom. The van der Waals surface area contributed by atoms with Crippen LogP contribution in [0.2, 0.25) is 0 Å². The predicted molar refractivity (Wildman–Crippen MR) is 62.8 cm³/mol. The maximum Gasteiger partial charge on any atom is 0.335 e. The number of carbonyl (C=O) groups is 1. The smallest absolute Gasteiger partial charge is 0.335 e. The zero-order valence-corrected chi connectivity index (χ0v) is 9.77. The lowest BCUT2D eigenvalue weighted by molar-refractivity contribution is 0.0659. The molecule has 0 saturated carbocycles. The summed E-state index contributed by atoms with van der Waals surface area (Å²) < 4.78 is 5.56. The minimum atomic E-state index is -0.887. The lowest BCUT2D eigenvalue weighted by Crippen LogP contribution is -2.09. The van der Waals surface area contributed by atoms with E-state index in [0.717, 1.165) is 18.4 Å². The molecule has 1 aromatic rings. The zero-order chi connectivity index (χ0) is 12.0. The average molecular weight is 222 g/mol. The first-order valence-electron chi connectivity index (χ1n) is 5.57. The summed E-state index contributed by atoms with van der Waals surface area (Å²) in [5.41, 5.74) is 1.43. The van der Waals surface area contributed by atoms with Crippen molar-refractivity contribution in [2.24, 2.45) is 0 Å². The molecule has 0 radical (unpaired) electrons. The van der Waals surface area contributed by atoms with Gasteiger partial charge in [0, 0.05) is 0 Å². The fourth-order valence-corrected chi connectivity index (χ4v) is 1.31. The molecule has 0 aliphatic heterocycles. The van der Waals surface area contributed by atoms with Crippen molar-refractivity contribution in [1.29, 1.82) is 0 Å². The molecule has 0 aliphatic carbocycles. The third kappa shape index (κ3) is 4.03. The second kappa shape index (κ2) is 6.28. The monoisotopic (exact) mass is 222 g/mol. The molecule has 1 atom stereocenters. The van der Waals surface area contributed by atoms with E-state index in [4.69, 9.17) is 9.84 Å². The maximum atomic E-state index is 10.6. The second-order valence-corrected chi connectivity index (χ2v) is 3.84. The van der Waals surface area contributed by atoms with Crippen molar-refractivity contribution >= 4 is 5.97 Å². The van der Waals surface area contributed by atoms with E-state index in [-0.39, 0.29) is 0 Å². The lowest BCUT2D eigenvalue weighted by atomic mass is 10.1. The summed E-state index contributed by atoms with van der Waals surface area (Å²) in [6.45, 7) is 4.82. The molecule has 0 spiro atoms. The van der Waals surface area contributed by atoms with Crippen molar-refractivity contribution in [3.63, 3.8) is 0 Å². The van der Waals surface area contributed by atoms with Crippen molar-refractivity contribution in [1.82, 2.24) is 0 Å². The Kier molecular flexibility index (Phi) is 4.99. The summed E-state index contributed by atoms with van der Waals surface area (Å²) in [5.74, 6) is -0.887. The highest BCUT2D eigenvalue weighted by Crippen LogP contribution is 2.06. The maximum absolute atomic E-state index is 10.6. The van der Waals surface area contributed by atoms with Gasteiger partial charge in [0.25, 0.3) is 0 Å². The number of ether oxygens (including phenoxy) is 1. The Morgan fingerprint density at radius 3 is 2.50 bits per heavy atom. The summed E-state index contributed by atoms with van der Waals surface area (Å²) in [7, 11) is 0. The van der Waals surface area contributed by atoms with Gasteiger partial charge >= 0.3 is 5.97 Å². The van der Waals surface area contributed by atoms with Crippen LogP contribution in [0.5, 0.6) is 0 Å². The van der Waals surface area contributed by atoms with Crippen molar-refractivity contribution in [2.45, 2.75) is 32.8 Å². The molecule has 16 heavy (non-hydrogen) atoms. The molecule has 1 N–H and O–H groups in total. The van der Waals surface area contributed by atoms with E-state index in [9.17, 15) is 4.79 Å². The van der Waals surface area contributed by atoms with Crippen molar-refractivity contribution in [3.8, 4) is 0 Å². The van der Waals surface area contributed by atoms with Gasteiger partial charge in [-0.05, 0) is 37.5 Å². The van der Waals surface area contributed by atoms with Crippen LogP contribution in [-0.4, -0.2) is 23.8 Å². The van der Waals surface area contributed by atoms with Crippen molar-refractivity contribution < 1.29 is 14.6 Å². The van der Waals surface area contributed by atoms with E-state index in [2.05, 4.69) is 6.92 Å². The SMILES string of the molecule is CCC(C)OCCc1ccc(C(=O)O)cc1. The molecule has 0 amide bonds. The van der Waals surface area contributed by atoms with Crippen LogP contribution < -0.4 is 0 Å². The van der Waals surface area contributed by atoms with Gasteiger partial charge in [0.15, 0.2) is 0 Å². The molecule has 3 heteroatoms. The first kappa shape index (κ1) is 12.7. The molecule has 1 aromatic carbocycles. The van der Waals surface area contributed by atoms with E-state index >= 15 is 0 Å². The summed E-state index contributed by atoms with van der Waals surface area (Å²) >= 11 is 0. The van der Waals surface area contributed by atoms with Gasteiger partial charge in [-0.3, -0.25) is 0 Å². The van der Waals surface area contributed by atoms with Crippen LogP contribution in [0.1, 0.15) is 36.2 Å². The van der Waals surface area contributed by atoms with E-state index in [1.807, 2.05) is 19.1 Å². The van der Waals surface area contributed by atoms with Gasteiger partial charge in [0.2, 0.25) is 0 Å². The molecule has 88 valence electrons. The van der Waals surface area contributed by atoms with Crippen LogP contribution >= 0.6 is 0 Å². The largest absolute Gasteiger partial charge is 0.478 e. The quantitative estimate of drug-likeness (QED) is 0.805. The van der Waals surface area contributed by atoms with Crippen LogP contribution in [-0.2, 0) is 11.2 Å². The summed E-state index contributed by atoms with van der Waals surface area (Å²) in [4.78, 5) is 10.6. The lowest BCUT2D eigenvalue weighted by Gasteiger charge is -2.10. The molecule has 0 bridgehead atoms. The minimum absolute atomic E-state index is 0.290. The fourth-order valence-electron chi connectivity index (χ4n) is 1.31. The second-order valence-electron chi connectivity index (χ2n) is 3.84. The number of rotatable bonds is 6. The molecule has 1 unspecified atom stereocenters. The third-order valence-corrected chi connectivity index (χ3v) is 2.57. The van der Waals surface area contributed by atoms with Crippen molar-refractivity contribution in [3.05, 3.63) is 35.4 Å². The van der Waals surface area contributed by atoms with Gasteiger partial charge in [-0.25, -0.2) is 4.79 Å². The van der Waals surface area contributed by atoms with Gasteiger partial charge in [-0.15, -0.1) is 0 Å². The molecular formula is C13H18O3. The molecule has 0 aromatic heterocycles. The number of carboxylic acids is 1. The number of benzene rings is 1. The van der Waals surface area contributed by atoms with Gasteiger partial charge < -0.3 is 9.84 Å². The molecule has 0 heterocycles. The third-order valence-electron chi connectivity index (χ3n) is 2.57. The Hall–Kier alpha value is -1.35. The topological polar surface area (TPSA) is 46.5 Å². The molecule has 1 rings (SSSR count). The standard InChI is InChI=1S/C13H18O3/c1-3-10(2)16-9-8-11-4-6-12(7-5-11)13(14)15/h4-7,10H,3,8-9H2,1-2H3,(H,14,15). The molecule has 3 nitrogen and oxygen atoms in total. The Labute approximate surface area is 96.1 Å². The molecular weight excluding hydrogens is 204 g/mol. The van der Waals surface area contributed by atoms with E-state index in [0.29, 0.717) is 18.3 Å². The van der Waals surface area contributed by atoms with Gasteiger partial charge in [0.05, 0.1) is 18.3 Å². The van der Waals surface area contributed by atoms with Crippen LogP contribution in [0.4, 0.5) is 0 Å². The highest BCUT2D eigenvalue weighted by atomic mass is 16.5. The number of carboxylic acid groups (broad SMARTS) is 1. The van der Waals surface area contributed by atoms with Gasteiger partial charge in [-0.1, -0.05) is 19.1 Å². The zero-order valence-electron chi connectivity index (χ0n) is 9.77. The van der Waals surface area contributed by atoms with Gasteiger partial charge in [0.1, 0.15) is 0 Å². The van der Waals surface area contributed by atoms with Crippen LogP contribution in [0.15, 0.2) is 24.3 Å². The van der Waals surface area contributed by atoms with Crippen LogP contribution in [0.3, 0.4) is 0 Å². The summed E-state index contributed by atoms with van der Waals surface area (Å²) in [5, 5.41) is 8.73. The van der Waals surface area contributed by atoms with E-state index in [1.54, 1.807) is 12.1 Å². The number of hydrogen-bond acceptors (Lipinski definition) is 2. The Morgan fingerprint density at radius 1 is 1.38 bits per heavy atom. The highest BCUT2D eigenvalue weighted by molar-refractivity contribution is 5.87. The van der Waals surface area contributed by atoms with E-state index in [1.165, 1.54) is 0 Å². The normalized spacial score (nSPS) is 12.4. The first-order valence-corrected chi connectivity index (χ1v) is 5.57. The highest BCUT2D eigenvalue weighted by Gasteiger charge is 2.02. The number of aromatic carboxylic acids is 1. The molecule has 0 fully saturated rings. The molecule has 0 aliphatic rings. The van der Waals surface area contributed by atoms with Gasteiger partial charge in [-0.2, -0.15) is 0 Å². The first-order chi connectivity index (χ1) is 7.63. The van der Waals surface area contributed by atoms with Crippen molar-refractivity contribution in [2.75, 3.05) is 6.61 Å².